The second kappa shape index (κ2) is 6.81. The molecule has 0 amide bonds. The average molecular weight is 379 g/mol. The smallest absolute Gasteiger partial charge is 0.224 e. The molecule has 0 N–H and O–H groups in total. The normalized spacial score (nSPS) is 17.3. The number of hydrogen-bond acceptors (Lipinski definition) is 3. The van der Waals surface area contributed by atoms with Gasteiger partial charge in [0.25, 0.3) is 0 Å². The van der Waals surface area contributed by atoms with E-state index in [1.54, 1.807) is 6.07 Å². The zero-order valence-electron chi connectivity index (χ0n) is 14.8. The predicted molar refractivity (Wildman–Crippen MR) is 103 cm³/mol. The van der Waals surface area contributed by atoms with E-state index in [2.05, 4.69) is 16.9 Å². The van der Waals surface area contributed by atoms with Gasteiger partial charge in [-0.25, -0.2) is 4.68 Å². The Morgan fingerprint density at radius 2 is 1.88 bits per heavy atom. The lowest BCUT2D eigenvalue weighted by Crippen LogP contribution is -2.41. The van der Waals surface area contributed by atoms with Crippen molar-refractivity contribution >= 4 is 29.2 Å². The van der Waals surface area contributed by atoms with Gasteiger partial charge >= 0.3 is 0 Å². The van der Waals surface area contributed by atoms with Crippen LogP contribution in [0.2, 0.25) is 10.0 Å². The SMILES string of the molecule is CCCN(c1nc(-c2ccc(Cl)cc2Cl)nn1C)C(C1CC1)C1CC1. The standard InChI is InChI=1S/C19H24Cl2N4/c1-3-10-25(17(12-4-5-12)13-6-7-13)19-22-18(23-24(19)2)15-9-8-14(20)11-16(15)21/h8-9,11-13,17H,3-7,10H2,1-2H3. The van der Waals surface area contributed by atoms with Gasteiger partial charge in [0.2, 0.25) is 5.95 Å². The maximum absolute atomic E-state index is 6.36. The highest BCUT2D eigenvalue weighted by Gasteiger charge is 2.45. The quantitative estimate of drug-likeness (QED) is 0.664. The number of halogens is 2. The minimum absolute atomic E-state index is 0.590. The molecule has 2 fully saturated rings. The Kier molecular flexibility index (Phi) is 4.67. The van der Waals surface area contributed by atoms with Crippen LogP contribution in [-0.2, 0) is 7.05 Å². The number of hydrogen-bond donors (Lipinski definition) is 0. The Bertz CT molecular complexity index is 753. The van der Waals surface area contributed by atoms with Crippen LogP contribution in [0.1, 0.15) is 39.0 Å². The highest BCUT2D eigenvalue weighted by Crippen LogP contribution is 2.48. The van der Waals surface area contributed by atoms with E-state index in [9.17, 15) is 0 Å². The van der Waals surface area contributed by atoms with Crippen LogP contribution in [0.25, 0.3) is 11.4 Å². The molecule has 0 radical (unpaired) electrons. The molecule has 1 aromatic carbocycles. The Morgan fingerprint density at radius 1 is 1.20 bits per heavy atom. The first kappa shape index (κ1) is 17.2. The van der Waals surface area contributed by atoms with Gasteiger partial charge in [0.15, 0.2) is 5.82 Å². The number of aromatic nitrogens is 3. The Morgan fingerprint density at radius 3 is 2.44 bits per heavy atom. The van der Waals surface area contributed by atoms with Crippen molar-refractivity contribution in [3.8, 4) is 11.4 Å². The fourth-order valence-electron chi connectivity index (χ4n) is 3.80. The van der Waals surface area contributed by atoms with Crippen LogP contribution in [0.15, 0.2) is 18.2 Å². The topological polar surface area (TPSA) is 34.0 Å². The molecule has 2 aliphatic rings. The van der Waals surface area contributed by atoms with Crippen molar-refractivity contribution in [3.63, 3.8) is 0 Å². The van der Waals surface area contributed by atoms with E-state index in [4.69, 9.17) is 28.2 Å². The summed E-state index contributed by atoms with van der Waals surface area (Å²) in [5.41, 5.74) is 0.832. The van der Waals surface area contributed by atoms with Crippen molar-refractivity contribution in [3.05, 3.63) is 28.2 Å². The highest BCUT2D eigenvalue weighted by atomic mass is 35.5. The number of rotatable bonds is 7. The van der Waals surface area contributed by atoms with Crippen LogP contribution in [0.5, 0.6) is 0 Å². The van der Waals surface area contributed by atoms with Crippen molar-refractivity contribution in [2.75, 3.05) is 11.4 Å². The first-order chi connectivity index (χ1) is 12.1. The van der Waals surface area contributed by atoms with Crippen molar-refractivity contribution in [1.82, 2.24) is 14.8 Å². The molecule has 0 saturated heterocycles. The van der Waals surface area contributed by atoms with Crippen molar-refractivity contribution in [2.24, 2.45) is 18.9 Å². The van der Waals surface area contributed by atoms with E-state index >= 15 is 0 Å². The molecule has 4 rings (SSSR count). The Labute approximate surface area is 159 Å². The summed E-state index contributed by atoms with van der Waals surface area (Å²) >= 11 is 12.4. The number of anilines is 1. The van der Waals surface area contributed by atoms with Crippen molar-refractivity contribution in [1.29, 1.82) is 0 Å². The third kappa shape index (κ3) is 3.52. The molecule has 25 heavy (non-hydrogen) atoms. The van der Waals surface area contributed by atoms with Crippen molar-refractivity contribution < 1.29 is 0 Å². The molecule has 0 bridgehead atoms. The van der Waals surface area contributed by atoms with Crippen LogP contribution in [0.3, 0.4) is 0 Å². The lowest BCUT2D eigenvalue weighted by Gasteiger charge is -2.32. The highest BCUT2D eigenvalue weighted by molar-refractivity contribution is 6.36. The summed E-state index contributed by atoms with van der Waals surface area (Å²) in [6.45, 7) is 3.26. The molecule has 2 saturated carbocycles. The van der Waals surface area contributed by atoms with Gasteiger partial charge < -0.3 is 4.90 Å². The van der Waals surface area contributed by atoms with Gasteiger partial charge in [-0.1, -0.05) is 30.1 Å². The van der Waals surface area contributed by atoms with Gasteiger partial charge in [0.05, 0.1) is 5.02 Å². The second-order valence-electron chi connectivity index (χ2n) is 7.34. The fourth-order valence-corrected chi connectivity index (χ4v) is 4.30. The summed E-state index contributed by atoms with van der Waals surface area (Å²) in [4.78, 5) is 7.39. The lowest BCUT2D eigenvalue weighted by molar-refractivity contribution is 0.463. The molecular formula is C19H24Cl2N4. The molecule has 2 aliphatic carbocycles. The molecule has 1 aromatic heterocycles. The van der Waals surface area contributed by atoms with Gasteiger partial charge in [-0.3, -0.25) is 0 Å². The minimum atomic E-state index is 0.590. The second-order valence-corrected chi connectivity index (χ2v) is 8.19. The van der Waals surface area contributed by atoms with Gasteiger partial charge in [0.1, 0.15) is 0 Å². The molecule has 0 spiro atoms. The lowest BCUT2D eigenvalue weighted by atomic mass is 10.1. The molecule has 6 heteroatoms. The Balaban J connectivity index is 1.69. The van der Waals surface area contributed by atoms with Gasteiger partial charge in [-0.05, 0) is 62.1 Å². The molecule has 0 aliphatic heterocycles. The molecule has 0 atom stereocenters. The van der Waals surface area contributed by atoms with Crippen LogP contribution in [-0.4, -0.2) is 27.4 Å². The van der Waals surface area contributed by atoms with Crippen molar-refractivity contribution in [2.45, 2.75) is 45.1 Å². The largest absolute Gasteiger partial charge is 0.337 e. The van der Waals surface area contributed by atoms with Crippen LogP contribution in [0.4, 0.5) is 5.95 Å². The van der Waals surface area contributed by atoms with E-state index in [0.29, 0.717) is 21.9 Å². The maximum atomic E-state index is 6.36. The van der Waals surface area contributed by atoms with E-state index in [1.807, 2.05) is 23.9 Å². The summed E-state index contributed by atoms with van der Waals surface area (Å²) in [5.74, 6) is 3.30. The summed E-state index contributed by atoms with van der Waals surface area (Å²) in [6.07, 6.45) is 6.54. The predicted octanol–water partition coefficient (Wildman–Crippen LogP) is 5.19. The molecule has 4 nitrogen and oxygen atoms in total. The summed E-state index contributed by atoms with van der Waals surface area (Å²) in [6, 6.07) is 6.10. The van der Waals surface area contributed by atoms with E-state index in [0.717, 1.165) is 36.3 Å². The van der Waals surface area contributed by atoms with Gasteiger partial charge in [0, 0.05) is 30.2 Å². The summed E-state index contributed by atoms with van der Waals surface area (Å²) < 4.78 is 1.91. The summed E-state index contributed by atoms with van der Waals surface area (Å²) in [7, 11) is 1.98. The van der Waals surface area contributed by atoms with E-state index in [1.165, 1.54) is 25.7 Å². The van der Waals surface area contributed by atoms with Crippen LogP contribution in [0, 0.1) is 11.8 Å². The molecular weight excluding hydrogens is 355 g/mol. The molecule has 134 valence electrons. The molecule has 2 aromatic rings. The Hall–Kier alpha value is -1.26. The minimum Gasteiger partial charge on any atom is -0.337 e. The van der Waals surface area contributed by atoms with Crippen LogP contribution < -0.4 is 4.90 Å². The maximum Gasteiger partial charge on any atom is 0.224 e. The van der Waals surface area contributed by atoms with Crippen LogP contribution >= 0.6 is 23.2 Å². The molecule has 0 unspecified atom stereocenters. The number of aryl methyl sites for hydroxylation is 1. The van der Waals surface area contributed by atoms with E-state index < -0.39 is 0 Å². The molecule has 1 heterocycles. The fraction of sp³-hybridized carbons (Fsp3) is 0.579. The zero-order valence-corrected chi connectivity index (χ0v) is 16.3. The number of benzene rings is 1. The third-order valence-corrected chi connectivity index (χ3v) is 5.75. The first-order valence-electron chi connectivity index (χ1n) is 9.21. The third-order valence-electron chi connectivity index (χ3n) is 5.20. The van der Waals surface area contributed by atoms with Gasteiger partial charge in [-0.15, -0.1) is 5.10 Å². The zero-order chi connectivity index (χ0) is 17.6. The van der Waals surface area contributed by atoms with Gasteiger partial charge in [-0.2, -0.15) is 4.98 Å². The van der Waals surface area contributed by atoms with E-state index in [-0.39, 0.29) is 0 Å². The first-order valence-corrected chi connectivity index (χ1v) is 9.97. The average Bonchev–Trinajstić information content (AvgIpc) is 3.48. The monoisotopic (exact) mass is 378 g/mol. The summed E-state index contributed by atoms with van der Waals surface area (Å²) in [5, 5.41) is 5.87. The number of nitrogens with zero attached hydrogens (tertiary/aromatic N) is 4.